The fourth-order valence-corrected chi connectivity index (χ4v) is 1.56. The van der Waals surface area contributed by atoms with Crippen molar-refractivity contribution in [3.8, 4) is 5.75 Å². The van der Waals surface area contributed by atoms with Crippen LogP contribution in [0.3, 0.4) is 0 Å². The van der Waals surface area contributed by atoms with Gasteiger partial charge in [-0.3, -0.25) is 4.79 Å². The van der Waals surface area contributed by atoms with E-state index >= 15 is 0 Å². The van der Waals surface area contributed by atoms with Crippen LogP contribution in [-0.2, 0) is 4.74 Å². The summed E-state index contributed by atoms with van der Waals surface area (Å²) in [6, 6.07) is 7.15. The Kier molecular flexibility index (Phi) is 8.42. The maximum atomic E-state index is 11.8. The van der Waals surface area contributed by atoms with Gasteiger partial charge < -0.3 is 20.5 Å². The molecule has 112 valence electrons. The number of nitrogens with two attached hydrogens (primary N) is 1. The average molecular weight is 280 g/mol. The molecule has 0 heterocycles. The van der Waals surface area contributed by atoms with E-state index in [9.17, 15) is 4.79 Å². The van der Waals surface area contributed by atoms with Gasteiger partial charge in [-0.2, -0.15) is 0 Å². The van der Waals surface area contributed by atoms with Gasteiger partial charge in [0.1, 0.15) is 5.75 Å². The number of benzene rings is 1. The molecule has 0 unspecified atom stereocenters. The minimum atomic E-state index is -0.110. The number of hydrogen-bond acceptors (Lipinski definition) is 4. The molecule has 0 radical (unpaired) electrons. The highest BCUT2D eigenvalue weighted by Gasteiger charge is 2.04. The largest absolute Gasteiger partial charge is 0.494 e. The Bertz CT molecular complexity index is 379. The molecule has 0 saturated heterocycles. The first-order valence-electron chi connectivity index (χ1n) is 7.06. The highest BCUT2D eigenvalue weighted by atomic mass is 16.5. The molecule has 0 aliphatic heterocycles. The first-order chi connectivity index (χ1) is 9.77. The fraction of sp³-hybridized carbons (Fsp3) is 0.533. The number of unbranched alkanes of at least 4 members (excludes halogenated alkanes) is 1. The van der Waals surface area contributed by atoms with Crippen molar-refractivity contribution in [1.29, 1.82) is 0 Å². The SMILES string of the molecule is CCCCOc1ccc(C(=O)NCCOCCN)cc1. The molecule has 0 aliphatic rings. The molecule has 0 bridgehead atoms. The molecule has 1 amide bonds. The zero-order valence-corrected chi connectivity index (χ0v) is 12.1. The molecular formula is C15H24N2O3. The van der Waals surface area contributed by atoms with Crippen LogP contribution in [0.1, 0.15) is 30.1 Å². The van der Waals surface area contributed by atoms with Crippen molar-refractivity contribution in [3.63, 3.8) is 0 Å². The van der Waals surface area contributed by atoms with E-state index in [1.807, 2.05) is 12.1 Å². The molecule has 20 heavy (non-hydrogen) atoms. The molecule has 3 N–H and O–H groups in total. The third-order valence-electron chi connectivity index (χ3n) is 2.68. The number of carbonyl (C=O) groups is 1. The minimum absolute atomic E-state index is 0.110. The lowest BCUT2D eigenvalue weighted by Gasteiger charge is -2.08. The number of rotatable bonds is 10. The Hall–Kier alpha value is -1.59. The zero-order valence-electron chi connectivity index (χ0n) is 12.1. The summed E-state index contributed by atoms with van der Waals surface area (Å²) < 4.78 is 10.7. The van der Waals surface area contributed by atoms with Gasteiger partial charge in [-0.15, -0.1) is 0 Å². The lowest BCUT2D eigenvalue weighted by molar-refractivity contribution is 0.0920. The molecule has 5 heteroatoms. The molecule has 0 atom stereocenters. The van der Waals surface area contributed by atoms with Gasteiger partial charge in [0.25, 0.3) is 5.91 Å². The third kappa shape index (κ3) is 6.54. The molecular weight excluding hydrogens is 256 g/mol. The fourth-order valence-electron chi connectivity index (χ4n) is 1.56. The van der Waals surface area contributed by atoms with Gasteiger partial charge in [0.15, 0.2) is 0 Å². The molecule has 0 aromatic heterocycles. The highest BCUT2D eigenvalue weighted by Crippen LogP contribution is 2.12. The number of carbonyl (C=O) groups excluding carboxylic acids is 1. The summed E-state index contributed by atoms with van der Waals surface area (Å²) in [4.78, 5) is 11.8. The van der Waals surface area contributed by atoms with E-state index in [1.54, 1.807) is 12.1 Å². The summed E-state index contributed by atoms with van der Waals surface area (Å²) >= 11 is 0. The maximum Gasteiger partial charge on any atom is 0.251 e. The standard InChI is InChI=1S/C15H24N2O3/c1-2-3-10-20-14-6-4-13(5-7-14)15(18)17-9-12-19-11-8-16/h4-7H,2-3,8-12,16H2,1H3,(H,17,18). The normalized spacial score (nSPS) is 10.3. The summed E-state index contributed by atoms with van der Waals surface area (Å²) in [6.45, 7) is 4.79. The first-order valence-corrected chi connectivity index (χ1v) is 7.06. The van der Waals surface area contributed by atoms with Crippen LogP contribution in [0.5, 0.6) is 5.75 Å². The number of amides is 1. The van der Waals surface area contributed by atoms with Crippen LogP contribution in [0.15, 0.2) is 24.3 Å². The number of nitrogens with one attached hydrogen (secondary N) is 1. The second-order valence-corrected chi connectivity index (χ2v) is 4.38. The summed E-state index contributed by atoms with van der Waals surface area (Å²) in [5.74, 6) is 0.683. The quantitative estimate of drug-likeness (QED) is 0.638. The van der Waals surface area contributed by atoms with Crippen LogP contribution < -0.4 is 15.8 Å². The Labute approximate surface area is 120 Å². The topological polar surface area (TPSA) is 73.6 Å². The summed E-state index contributed by atoms with van der Waals surface area (Å²) in [5.41, 5.74) is 5.91. The summed E-state index contributed by atoms with van der Waals surface area (Å²) in [6.07, 6.45) is 2.14. The minimum Gasteiger partial charge on any atom is -0.494 e. The summed E-state index contributed by atoms with van der Waals surface area (Å²) in [5, 5.41) is 2.78. The number of hydrogen-bond donors (Lipinski definition) is 2. The van der Waals surface area contributed by atoms with Gasteiger partial charge >= 0.3 is 0 Å². The molecule has 1 aromatic rings. The van der Waals surface area contributed by atoms with Gasteiger partial charge in [0.05, 0.1) is 19.8 Å². The van der Waals surface area contributed by atoms with E-state index in [1.165, 1.54) is 0 Å². The lowest BCUT2D eigenvalue weighted by atomic mass is 10.2. The van der Waals surface area contributed by atoms with Crippen molar-refractivity contribution < 1.29 is 14.3 Å². The molecule has 0 spiro atoms. The van der Waals surface area contributed by atoms with Crippen LogP contribution in [0.4, 0.5) is 0 Å². The van der Waals surface area contributed by atoms with Crippen molar-refractivity contribution in [2.75, 3.05) is 32.9 Å². The van der Waals surface area contributed by atoms with Crippen molar-refractivity contribution in [2.45, 2.75) is 19.8 Å². The van der Waals surface area contributed by atoms with E-state index in [0.29, 0.717) is 38.5 Å². The van der Waals surface area contributed by atoms with Gasteiger partial charge in [0, 0.05) is 18.7 Å². The van der Waals surface area contributed by atoms with Crippen LogP contribution in [0.2, 0.25) is 0 Å². The molecule has 0 saturated carbocycles. The van der Waals surface area contributed by atoms with Gasteiger partial charge in [-0.25, -0.2) is 0 Å². The van der Waals surface area contributed by atoms with Crippen LogP contribution in [0, 0.1) is 0 Å². The predicted molar refractivity (Wildman–Crippen MR) is 79.1 cm³/mol. The lowest BCUT2D eigenvalue weighted by Crippen LogP contribution is -2.27. The third-order valence-corrected chi connectivity index (χ3v) is 2.68. The molecule has 1 rings (SSSR count). The van der Waals surface area contributed by atoms with Crippen molar-refractivity contribution in [3.05, 3.63) is 29.8 Å². The average Bonchev–Trinajstić information content (AvgIpc) is 2.48. The Balaban J connectivity index is 2.30. The molecule has 1 aromatic carbocycles. The smallest absolute Gasteiger partial charge is 0.251 e. The predicted octanol–water partition coefficient (Wildman–Crippen LogP) is 1.57. The Morgan fingerprint density at radius 1 is 1.20 bits per heavy atom. The Morgan fingerprint density at radius 3 is 2.60 bits per heavy atom. The maximum absolute atomic E-state index is 11.8. The van der Waals surface area contributed by atoms with Crippen molar-refractivity contribution in [1.82, 2.24) is 5.32 Å². The number of ether oxygens (including phenoxy) is 2. The van der Waals surface area contributed by atoms with Crippen LogP contribution in [-0.4, -0.2) is 38.8 Å². The summed E-state index contributed by atoms with van der Waals surface area (Å²) in [7, 11) is 0. The van der Waals surface area contributed by atoms with E-state index in [4.69, 9.17) is 15.2 Å². The van der Waals surface area contributed by atoms with E-state index in [2.05, 4.69) is 12.2 Å². The van der Waals surface area contributed by atoms with Gasteiger partial charge in [-0.05, 0) is 30.7 Å². The molecule has 0 fully saturated rings. The van der Waals surface area contributed by atoms with Gasteiger partial charge in [0.2, 0.25) is 0 Å². The Morgan fingerprint density at radius 2 is 1.95 bits per heavy atom. The van der Waals surface area contributed by atoms with E-state index in [-0.39, 0.29) is 5.91 Å². The van der Waals surface area contributed by atoms with E-state index in [0.717, 1.165) is 18.6 Å². The first kappa shape index (κ1) is 16.5. The highest BCUT2D eigenvalue weighted by molar-refractivity contribution is 5.94. The zero-order chi connectivity index (χ0) is 14.6. The van der Waals surface area contributed by atoms with Crippen molar-refractivity contribution >= 4 is 5.91 Å². The second-order valence-electron chi connectivity index (χ2n) is 4.38. The van der Waals surface area contributed by atoms with E-state index < -0.39 is 0 Å². The van der Waals surface area contributed by atoms with Crippen LogP contribution >= 0.6 is 0 Å². The monoisotopic (exact) mass is 280 g/mol. The molecule has 5 nitrogen and oxygen atoms in total. The van der Waals surface area contributed by atoms with Crippen molar-refractivity contribution in [2.24, 2.45) is 5.73 Å². The second kappa shape index (κ2) is 10.2. The van der Waals surface area contributed by atoms with Crippen LogP contribution in [0.25, 0.3) is 0 Å². The molecule has 0 aliphatic carbocycles. The van der Waals surface area contributed by atoms with Gasteiger partial charge in [-0.1, -0.05) is 13.3 Å².